The van der Waals surface area contributed by atoms with Crippen LogP contribution in [0.5, 0.6) is 11.5 Å². The average Bonchev–Trinajstić information content (AvgIpc) is 2.53. The van der Waals surface area contributed by atoms with Crippen LogP contribution in [0.15, 0.2) is 23.8 Å². The van der Waals surface area contributed by atoms with Crippen molar-refractivity contribution < 1.29 is 19.0 Å². The number of nitrogens with one attached hydrogen (secondary N) is 1. The van der Waals surface area contributed by atoms with Crippen LogP contribution in [0.1, 0.15) is 19.4 Å². The molecule has 1 aromatic carbocycles. The van der Waals surface area contributed by atoms with Gasteiger partial charge in [-0.3, -0.25) is 4.79 Å². The van der Waals surface area contributed by atoms with E-state index in [2.05, 4.69) is 5.32 Å². The number of carbonyl (C=O) groups excluding carboxylic acids is 1. The molecule has 0 radical (unpaired) electrons. The van der Waals surface area contributed by atoms with Crippen molar-refractivity contribution in [2.45, 2.75) is 20.0 Å². The second-order valence-electron chi connectivity index (χ2n) is 4.96. The number of hydrogen-bond acceptors (Lipinski definition) is 5. The Hall–Kier alpha value is -2.52. The Bertz CT molecular complexity index is 603. The maximum Gasteiger partial charge on any atom is 0.262 e. The Morgan fingerprint density at radius 3 is 2.70 bits per heavy atom. The predicted molar refractivity (Wildman–Crippen MR) is 87.2 cm³/mol. The van der Waals surface area contributed by atoms with Crippen LogP contribution in [0.4, 0.5) is 0 Å². The van der Waals surface area contributed by atoms with Gasteiger partial charge in [0, 0.05) is 19.2 Å². The number of benzene rings is 1. The normalized spacial score (nSPS) is 11.0. The molecule has 0 heterocycles. The first-order valence-corrected chi connectivity index (χ1v) is 7.26. The fourth-order valence-electron chi connectivity index (χ4n) is 1.83. The van der Waals surface area contributed by atoms with E-state index in [1.807, 2.05) is 19.9 Å². The van der Waals surface area contributed by atoms with Crippen LogP contribution in [0.2, 0.25) is 0 Å². The number of nitriles is 1. The Kier molecular flexibility index (Phi) is 7.64. The molecule has 6 nitrogen and oxygen atoms in total. The molecule has 0 unspecified atom stereocenters. The topological polar surface area (TPSA) is 80.6 Å². The lowest BCUT2D eigenvalue weighted by molar-refractivity contribution is -0.117. The molecule has 0 aliphatic rings. The number of ether oxygens (including phenoxy) is 3. The third-order valence-corrected chi connectivity index (χ3v) is 2.84. The number of para-hydroxylation sites is 1. The van der Waals surface area contributed by atoms with E-state index >= 15 is 0 Å². The van der Waals surface area contributed by atoms with Gasteiger partial charge in [0.05, 0.1) is 19.8 Å². The largest absolute Gasteiger partial charge is 0.493 e. The van der Waals surface area contributed by atoms with Gasteiger partial charge in [-0.05, 0) is 26.0 Å². The van der Waals surface area contributed by atoms with Crippen molar-refractivity contribution in [1.82, 2.24) is 5.32 Å². The van der Waals surface area contributed by atoms with Crippen LogP contribution in [0.3, 0.4) is 0 Å². The second-order valence-corrected chi connectivity index (χ2v) is 4.96. The van der Waals surface area contributed by atoms with Crippen LogP contribution >= 0.6 is 0 Å². The molecule has 0 saturated carbocycles. The van der Waals surface area contributed by atoms with Crippen molar-refractivity contribution in [2.75, 3.05) is 27.4 Å². The summed E-state index contributed by atoms with van der Waals surface area (Å²) in [4.78, 5) is 12.0. The first-order chi connectivity index (χ1) is 11.0. The van der Waals surface area contributed by atoms with Crippen molar-refractivity contribution in [3.8, 4) is 17.6 Å². The number of methoxy groups -OCH3 is 2. The molecule has 124 valence electrons. The summed E-state index contributed by atoms with van der Waals surface area (Å²) in [7, 11) is 3.08. The predicted octanol–water partition coefficient (Wildman–Crippen LogP) is 2.15. The molecule has 1 amide bonds. The van der Waals surface area contributed by atoms with Crippen molar-refractivity contribution in [1.29, 1.82) is 5.26 Å². The van der Waals surface area contributed by atoms with Gasteiger partial charge in [-0.2, -0.15) is 5.26 Å². The zero-order valence-corrected chi connectivity index (χ0v) is 13.9. The summed E-state index contributed by atoms with van der Waals surface area (Å²) in [5.41, 5.74) is 0.597. The SMILES string of the molecule is COCCNC(=O)/C(C#N)=C/c1cccc(OC)c1OC(C)C. The van der Waals surface area contributed by atoms with Crippen LogP contribution in [-0.2, 0) is 9.53 Å². The highest BCUT2D eigenvalue weighted by Crippen LogP contribution is 2.33. The van der Waals surface area contributed by atoms with Gasteiger partial charge < -0.3 is 19.5 Å². The highest BCUT2D eigenvalue weighted by Gasteiger charge is 2.14. The van der Waals surface area contributed by atoms with E-state index in [0.29, 0.717) is 30.2 Å². The lowest BCUT2D eigenvalue weighted by atomic mass is 10.1. The van der Waals surface area contributed by atoms with Gasteiger partial charge >= 0.3 is 0 Å². The Morgan fingerprint density at radius 1 is 1.39 bits per heavy atom. The van der Waals surface area contributed by atoms with Gasteiger partial charge in [0.25, 0.3) is 5.91 Å². The molecular weight excluding hydrogens is 296 g/mol. The molecule has 0 bridgehead atoms. The molecule has 0 atom stereocenters. The third kappa shape index (κ3) is 5.64. The van der Waals surface area contributed by atoms with E-state index in [9.17, 15) is 10.1 Å². The Labute approximate surface area is 136 Å². The Balaban J connectivity index is 3.12. The molecule has 0 saturated heterocycles. The van der Waals surface area contributed by atoms with Gasteiger partial charge in [-0.25, -0.2) is 0 Å². The molecule has 0 aliphatic heterocycles. The lowest BCUT2D eigenvalue weighted by Crippen LogP contribution is -2.27. The van der Waals surface area contributed by atoms with E-state index < -0.39 is 5.91 Å². The molecule has 6 heteroatoms. The molecule has 0 aromatic heterocycles. The van der Waals surface area contributed by atoms with E-state index in [1.165, 1.54) is 6.08 Å². The highest BCUT2D eigenvalue weighted by molar-refractivity contribution is 6.02. The van der Waals surface area contributed by atoms with E-state index in [1.54, 1.807) is 32.4 Å². The van der Waals surface area contributed by atoms with Crippen molar-refractivity contribution in [2.24, 2.45) is 0 Å². The van der Waals surface area contributed by atoms with Gasteiger partial charge in [-0.15, -0.1) is 0 Å². The fourth-order valence-corrected chi connectivity index (χ4v) is 1.83. The third-order valence-electron chi connectivity index (χ3n) is 2.84. The van der Waals surface area contributed by atoms with Crippen LogP contribution in [-0.4, -0.2) is 39.4 Å². The smallest absolute Gasteiger partial charge is 0.262 e. The Morgan fingerprint density at radius 2 is 2.13 bits per heavy atom. The van der Waals surface area contributed by atoms with Gasteiger partial charge in [-0.1, -0.05) is 12.1 Å². The number of hydrogen-bond donors (Lipinski definition) is 1. The molecule has 0 spiro atoms. The monoisotopic (exact) mass is 318 g/mol. The quantitative estimate of drug-likeness (QED) is 0.451. The summed E-state index contributed by atoms with van der Waals surface area (Å²) in [6.45, 7) is 4.50. The summed E-state index contributed by atoms with van der Waals surface area (Å²) in [6.07, 6.45) is 1.42. The summed E-state index contributed by atoms with van der Waals surface area (Å²) in [5.74, 6) is 0.592. The lowest BCUT2D eigenvalue weighted by Gasteiger charge is -2.16. The fraction of sp³-hybridized carbons (Fsp3) is 0.412. The molecule has 0 fully saturated rings. The molecule has 23 heavy (non-hydrogen) atoms. The van der Waals surface area contributed by atoms with Crippen molar-refractivity contribution in [3.63, 3.8) is 0 Å². The van der Waals surface area contributed by atoms with Crippen LogP contribution in [0, 0.1) is 11.3 Å². The molecule has 1 aromatic rings. The minimum absolute atomic E-state index is 0.0111. The van der Waals surface area contributed by atoms with E-state index in [0.717, 1.165) is 0 Å². The van der Waals surface area contributed by atoms with Gasteiger partial charge in [0.15, 0.2) is 11.5 Å². The van der Waals surface area contributed by atoms with E-state index in [4.69, 9.17) is 14.2 Å². The molecular formula is C17H22N2O4. The number of carbonyl (C=O) groups is 1. The maximum atomic E-state index is 12.0. The summed E-state index contributed by atoms with van der Waals surface area (Å²) < 4.78 is 15.9. The second kappa shape index (κ2) is 9.49. The van der Waals surface area contributed by atoms with Crippen molar-refractivity contribution >= 4 is 12.0 Å². The number of nitrogens with zero attached hydrogens (tertiary/aromatic N) is 1. The minimum atomic E-state index is -0.456. The summed E-state index contributed by atoms with van der Waals surface area (Å²) in [5, 5.41) is 11.8. The molecule has 1 N–H and O–H groups in total. The van der Waals surface area contributed by atoms with Crippen LogP contribution in [0.25, 0.3) is 6.08 Å². The molecule has 1 rings (SSSR count). The zero-order chi connectivity index (χ0) is 17.2. The minimum Gasteiger partial charge on any atom is -0.493 e. The zero-order valence-electron chi connectivity index (χ0n) is 13.9. The van der Waals surface area contributed by atoms with Gasteiger partial charge in [0.2, 0.25) is 0 Å². The number of rotatable bonds is 8. The van der Waals surface area contributed by atoms with Crippen LogP contribution < -0.4 is 14.8 Å². The highest BCUT2D eigenvalue weighted by atomic mass is 16.5. The average molecular weight is 318 g/mol. The summed E-state index contributed by atoms with van der Waals surface area (Å²) in [6, 6.07) is 7.21. The number of amides is 1. The standard InChI is InChI=1S/C17H22N2O4/c1-12(2)23-16-13(6-5-7-15(16)22-4)10-14(11-18)17(20)19-8-9-21-3/h5-7,10,12H,8-9H2,1-4H3,(H,19,20)/b14-10+. The summed E-state index contributed by atoms with van der Waals surface area (Å²) >= 11 is 0. The van der Waals surface area contributed by atoms with E-state index in [-0.39, 0.29) is 11.7 Å². The van der Waals surface area contributed by atoms with Crippen molar-refractivity contribution in [3.05, 3.63) is 29.3 Å². The van der Waals surface area contributed by atoms with Gasteiger partial charge in [0.1, 0.15) is 11.6 Å². The first-order valence-electron chi connectivity index (χ1n) is 7.26. The molecule has 0 aliphatic carbocycles. The first kappa shape index (κ1) is 18.5. The maximum absolute atomic E-state index is 12.0.